The minimum Gasteiger partial charge on any atom is -0.399 e. The van der Waals surface area contributed by atoms with Gasteiger partial charge in [-0.05, 0) is 39.0 Å². The van der Waals surface area contributed by atoms with Crippen molar-refractivity contribution in [1.82, 2.24) is 5.32 Å². The van der Waals surface area contributed by atoms with E-state index in [9.17, 15) is 4.79 Å². The summed E-state index contributed by atoms with van der Waals surface area (Å²) in [7, 11) is 1.60. The number of ether oxygens (including phenoxy) is 1. The number of carbonyl (C=O) groups excluding carboxylic acids is 1. The van der Waals surface area contributed by atoms with Crippen LogP contribution >= 0.6 is 0 Å². The number of carbonyl (C=O) groups is 1. The van der Waals surface area contributed by atoms with Gasteiger partial charge in [-0.1, -0.05) is 0 Å². The standard InChI is InChI=1S/C14H23N3O2/c1-14(2,3)17-12-6-5-10(15)9-11(12)13(18)16-7-8-19-4/h5-6,9,17H,7-8,15H2,1-4H3,(H,16,18). The van der Waals surface area contributed by atoms with Crippen LogP contribution in [0.5, 0.6) is 0 Å². The summed E-state index contributed by atoms with van der Waals surface area (Å²) in [4.78, 5) is 12.1. The second-order valence-corrected chi connectivity index (χ2v) is 5.43. The van der Waals surface area contributed by atoms with Crippen molar-refractivity contribution in [3.8, 4) is 0 Å². The summed E-state index contributed by atoms with van der Waals surface area (Å²) in [6.07, 6.45) is 0. The molecule has 0 atom stereocenters. The van der Waals surface area contributed by atoms with Gasteiger partial charge in [-0.15, -0.1) is 0 Å². The predicted molar refractivity (Wildman–Crippen MR) is 78.4 cm³/mol. The Hall–Kier alpha value is -1.75. The Labute approximate surface area is 114 Å². The van der Waals surface area contributed by atoms with E-state index in [-0.39, 0.29) is 11.4 Å². The molecule has 0 saturated carbocycles. The quantitative estimate of drug-likeness (QED) is 0.561. The average Bonchev–Trinajstić information content (AvgIpc) is 2.30. The molecular weight excluding hydrogens is 242 g/mol. The molecule has 1 rings (SSSR count). The number of benzene rings is 1. The molecule has 19 heavy (non-hydrogen) atoms. The van der Waals surface area contributed by atoms with Crippen LogP contribution in [-0.2, 0) is 4.74 Å². The number of nitrogens with two attached hydrogens (primary N) is 1. The van der Waals surface area contributed by atoms with Crippen molar-refractivity contribution in [2.45, 2.75) is 26.3 Å². The van der Waals surface area contributed by atoms with Crippen LogP contribution in [0, 0.1) is 0 Å². The van der Waals surface area contributed by atoms with E-state index < -0.39 is 0 Å². The highest BCUT2D eigenvalue weighted by atomic mass is 16.5. The third kappa shape index (κ3) is 5.18. The fourth-order valence-electron chi connectivity index (χ4n) is 1.62. The van der Waals surface area contributed by atoms with Gasteiger partial charge in [0.25, 0.3) is 5.91 Å². The Morgan fingerprint density at radius 3 is 2.63 bits per heavy atom. The SMILES string of the molecule is COCCNC(=O)c1cc(N)ccc1NC(C)(C)C. The first-order valence-corrected chi connectivity index (χ1v) is 6.28. The Bertz CT molecular complexity index is 439. The molecule has 0 heterocycles. The first-order chi connectivity index (χ1) is 8.83. The molecule has 0 fully saturated rings. The summed E-state index contributed by atoms with van der Waals surface area (Å²) in [6, 6.07) is 5.28. The van der Waals surface area contributed by atoms with Crippen LogP contribution in [0.3, 0.4) is 0 Å². The van der Waals surface area contributed by atoms with Crippen molar-refractivity contribution in [2.75, 3.05) is 31.3 Å². The maximum Gasteiger partial charge on any atom is 0.253 e. The molecule has 0 radical (unpaired) electrons. The van der Waals surface area contributed by atoms with E-state index in [2.05, 4.69) is 10.6 Å². The Balaban J connectivity index is 2.90. The van der Waals surface area contributed by atoms with Gasteiger partial charge in [0, 0.05) is 30.6 Å². The average molecular weight is 265 g/mol. The van der Waals surface area contributed by atoms with E-state index in [1.54, 1.807) is 19.2 Å². The van der Waals surface area contributed by atoms with Crippen molar-refractivity contribution in [3.63, 3.8) is 0 Å². The number of nitrogens with one attached hydrogen (secondary N) is 2. The van der Waals surface area contributed by atoms with Gasteiger partial charge >= 0.3 is 0 Å². The molecule has 4 N–H and O–H groups in total. The first kappa shape index (κ1) is 15.3. The van der Waals surface area contributed by atoms with E-state index in [1.807, 2.05) is 26.8 Å². The number of methoxy groups -OCH3 is 1. The second-order valence-electron chi connectivity index (χ2n) is 5.43. The summed E-state index contributed by atoms with van der Waals surface area (Å²) < 4.78 is 4.91. The minimum absolute atomic E-state index is 0.127. The molecule has 1 aromatic rings. The minimum atomic E-state index is -0.156. The molecular formula is C14H23N3O2. The third-order valence-corrected chi connectivity index (χ3v) is 2.39. The molecule has 0 spiro atoms. The lowest BCUT2D eigenvalue weighted by atomic mass is 10.1. The normalized spacial score (nSPS) is 11.2. The van der Waals surface area contributed by atoms with Crippen LogP contribution in [-0.4, -0.2) is 31.7 Å². The van der Waals surface area contributed by atoms with E-state index >= 15 is 0 Å². The number of amides is 1. The highest BCUT2D eigenvalue weighted by molar-refractivity contribution is 6.00. The van der Waals surface area contributed by atoms with Gasteiger partial charge in [0.1, 0.15) is 0 Å². The zero-order valence-electron chi connectivity index (χ0n) is 12.0. The van der Waals surface area contributed by atoms with E-state index in [0.29, 0.717) is 24.4 Å². The maximum absolute atomic E-state index is 12.1. The van der Waals surface area contributed by atoms with Crippen molar-refractivity contribution in [2.24, 2.45) is 0 Å². The Kier molecular flexibility index (Phi) is 5.18. The fourth-order valence-corrected chi connectivity index (χ4v) is 1.62. The molecule has 0 bridgehead atoms. The summed E-state index contributed by atoms with van der Waals surface area (Å²) >= 11 is 0. The lowest BCUT2D eigenvalue weighted by Crippen LogP contribution is -2.31. The van der Waals surface area contributed by atoms with E-state index in [0.717, 1.165) is 5.69 Å². The summed E-state index contributed by atoms with van der Waals surface area (Å²) in [5, 5.41) is 6.09. The van der Waals surface area contributed by atoms with Gasteiger partial charge in [-0.3, -0.25) is 4.79 Å². The molecule has 1 amide bonds. The monoisotopic (exact) mass is 265 g/mol. The number of anilines is 2. The molecule has 0 unspecified atom stereocenters. The van der Waals surface area contributed by atoms with Crippen LogP contribution in [0.25, 0.3) is 0 Å². The molecule has 0 aliphatic heterocycles. The van der Waals surface area contributed by atoms with Gasteiger partial charge < -0.3 is 21.1 Å². The second kappa shape index (κ2) is 6.43. The molecule has 0 aromatic heterocycles. The number of nitrogen functional groups attached to an aromatic ring is 1. The van der Waals surface area contributed by atoms with Crippen molar-refractivity contribution >= 4 is 17.3 Å². The lowest BCUT2D eigenvalue weighted by Gasteiger charge is -2.24. The summed E-state index contributed by atoms with van der Waals surface area (Å²) in [6.45, 7) is 7.07. The van der Waals surface area contributed by atoms with Gasteiger partial charge in [0.2, 0.25) is 0 Å². The van der Waals surface area contributed by atoms with Crippen LogP contribution < -0.4 is 16.4 Å². The van der Waals surface area contributed by atoms with Crippen molar-refractivity contribution < 1.29 is 9.53 Å². The number of rotatable bonds is 5. The zero-order chi connectivity index (χ0) is 14.5. The summed E-state index contributed by atoms with van der Waals surface area (Å²) in [5.41, 5.74) is 7.51. The molecule has 1 aromatic carbocycles. The topological polar surface area (TPSA) is 76.4 Å². The summed E-state index contributed by atoms with van der Waals surface area (Å²) in [5.74, 6) is -0.156. The molecule has 106 valence electrons. The molecule has 0 aliphatic carbocycles. The van der Waals surface area contributed by atoms with Crippen LogP contribution in [0.1, 0.15) is 31.1 Å². The Morgan fingerprint density at radius 2 is 2.05 bits per heavy atom. The highest BCUT2D eigenvalue weighted by Gasteiger charge is 2.16. The maximum atomic E-state index is 12.1. The van der Waals surface area contributed by atoms with Crippen LogP contribution in [0.15, 0.2) is 18.2 Å². The van der Waals surface area contributed by atoms with Gasteiger partial charge in [-0.25, -0.2) is 0 Å². The van der Waals surface area contributed by atoms with Gasteiger partial charge in [0.05, 0.1) is 12.2 Å². The highest BCUT2D eigenvalue weighted by Crippen LogP contribution is 2.22. The van der Waals surface area contributed by atoms with E-state index in [4.69, 9.17) is 10.5 Å². The smallest absolute Gasteiger partial charge is 0.253 e. The third-order valence-electron chi connectivity index (χ3n) is 2.39. The Morgan fingerprint density at radius 1 is 1.37 bits per heavy atom. The van der Waals surface area contributed by atoms with Gasteiger partial charge in [0.15, 0.2) is 0 Å². The number of hydrogen-bond donors (Lipinski definition) is 3. The molecule has 5 nitrogen and oxygen atoms in total. The van der Waals surface area contributed by atoms with Crippen molar-refractivity contribution in [3.05, 3.63) is 23.8 Å². The molecule has 0 aliphatic rings. The zero-order valence-corrected chi connectivity index (χ0v) is 12.0. The fraction of sp³-hybridized carbons (Fsp3) is 0.500. The van der Waals surface area contributed by atoms with Crippen LogP contribution in [0.2, 0.25) is 0 Å². The molecule has 0 saturated heterocycles. The number of hydrogen-bond acceptors (Lipinski definition) is 4. The largest absolute Gasteiger partial charge is 0.399 e. The lowest BCUT2D eigenvalue weighted by molar-refractivity contribution is 0.0938. The molecule has 5 heteroatoms. The van der Waals surface area contributed by atoms with Crippen LogP contribution in [0.4, 0.5) is 11.4 Å². The first-order valence-electron chi connectivity index (χ1n) is 6.28. The predicted octanol–water partition coefficient (Wildman–Crippen LogP) is 1.86. The van der Waals surface area contributed by atoms with E-state index in [1.165, 1.54) is 0 Å². The van der Waals surface area contributed by atoms with Gasteiger partial charge in [-0.2, -0.15) is 0 Å². The van der Waals surface area contributed by atoms with Crippen molar-refractivity contribution in [1.29, 1.82) is 0 Å².